The number of carbonyl (C=O) groups excluding carboxylic acids is 1. The van der Waals surface area contributed by atoms with E-state index in [4.69, 9.17) is 9.73 Å². The maximum atomic E-state index is 13.7. The van der Waals surface area contributed by atoms with Crippen LogP contribution in [0.4, 0.5) is 0 Å². The fourth-order valence-corrected chi connectivity index (χ4v) is 4.92. The number of rotatable bonds is 6. The molecule has 0 radical (unpaired) electrons. The van der Waals surface area contributed by atoms with Crippen LogP contribution in [0.25, 0.3) is 27.9 Å². The van der Waals surface area contributed by atoms with Gasteiger partial charge >= 0.3 is 0 Å². The third kappa shape index (κ3) is 3.77. The van der Waals surface area contributed by atoms with E-state index in [0.29, 0.717) is 24.5 Å². The molecular weight excluding hydrogens is 448 g/mol. The van der Waals surface area contributed by atoms with Gasteiger partial charge in [0.15, 0.2) is 0 Å². The van der Waals surface area contributed by atoms with Crippen LogP contribution in [0.15, 0.2) is 95.9 Å². The lowest BCUT2D eigenvalue weighted by Crippen LogP contribution is -2.34. The third-order valence-corrected chi connectivity index (χ3v) is 6.79. The molecule has 3 heterocycles. The Morgan fingerprint density at radius 2 is 1.72 bits per heavy atom. The largest absolute Gasteiger partial charge is 0.497 e. The number of aromatic nitrogens is 2. The zero-order chi connectivity index (χ0) is 24.6. The molecule has 1 aliphatic rings. The van der Waals surface area contributed by atoms with E-state index < -0.39 is 0 Å². The van der Waals surface area contributed by atoms with E-state index in [2.05, 4.69) is 33.8 Å². The molecule has 6 nitrogen and oxygen atoms in total. The van der Waals surface area contributed by atoms with E-state index in [1.807, 2.05) is 74.0 Å². The minimum absolute atomic E-state index is 0.0893. The quantitative estimate of drug-likeness (QED) is 0.329. The van der Waals surface area contributed by atoms with Crippen molar-refractivity contribution in [2.75, 3.05) is 13.7 Å². The maximum Gasteiger partial charge on any atom is 0.278 e. The first kappa shape index (κ1) is 21.9. The summed E-state index contributed by atoms with van der Waals surface area (Å²) in [5.74, 6) is 1.34. The van der Waals surface area contributed by atoms with E-state index in [-0.39, 0.29) is 5.91 Å². The van der Waals surface area contributed by atoms with Gasteiger partial charge in [0.05, 0.1) is 7.11 Å². The van der Waals surface area contributed by atoms with Crippen LogP contribution in [-0.4, -0.2) is 39.8 Å². The van der Waals surface area contributed by atoms with Gasteiger partial charge in [-0.05, 0) is 54.5 Å². The summed E-state index contributed by atoms with van der Waals surface area (Å²) in [6.45, 7) is 0.526. The number of amides is 1. The molecule has 0 saturated carbocycles. The highest BCUT2D eigenvalue weighted by Crippen LogP contribution is 2.28. The Kier molecular flexibility index (Phi) is 5.41. The Morgan fingerprint density at radius 1 is 0.972 bits per heavy atom. The SMILES string of the molecule is COc1ccc(C2=NC(=Cc3cn(C)c4ccccc34)C(=O)N2CCc2c[nH]c3ccccc23)cc1. The number of ether oxygens (including phenoxy) is 1. The second kappa shape index (κ2) is 8.89. The van der Waals surface area contributed by atoms with Crippen LogP contribution < -0.4 is 4.74 Å². The normalized spacial score (nSPS) is 14.8. The molecule has 0 unspecified atom stereocenters. The fourth-order valence-electron chi connectivity index (χ4n) is 4.92. The van der Waals surface area contributed by atoms with Gasteiger partial charge in [-0.1, -0.05) is 36.4 Å². The number of nitrogens with zero attached hydrogens (tertiary/aromatic N) is 3. The van der Waals surface area contributed by atoms with Crippen LogP contribution in [0.2, 0.25) is 0 Å². The fraction of sp³-hybridized carbons (Fsp3) is 0.133. The van der Waals surface area contributed by atoms with Crippen molar-refractivity contribution < 1.29 is 9.53 Å². The number of amidine groups is 1. The molecule has 0 fully saturated rings. The van der Waals surface area contributed by atoms with Gasteiger partial charge in [-0.3, -0.25) is 9.69 Å². The minimum Gasteiger partial charge on any atom is -0.497 e. The molecule has 0 aliphatic carbocycles. The highest BCUT2D eigenvalue weighted by molar-refractivity contribution is 6.20. The summed E-state index contributed by atoms with van der Waals surface area (Å²) >= 11 is 0. The average molecular weight is 475 g/mol. The number of benzene rings is 3. The molecule has 2 aromatic heterocycles. The molecule has 36 heavy (non-hydrogen) atoms. The second-order valence-electron chi connectivity index (χ2n) is 8.97. The lowest BCUT2D eigenvalue weighted by Gasteiger charge is -2.18. The Morgan fingerprint density at radius 3 is 2.53 bits per heavy atom. The Hall–Kier alpha value is -4.58. The number of hydrogen-bond donors (Lipinski definition) is 1. The zero-order valence-electron chi connectivity index (χ0n) is 20.2. The maximum absolute atomic E-state index is 13.7. The monoisotopic (exact) mass is 474 g/mol. The van der Waals surface area contributed by atoms with Crippen molar-refractivity contribution in [1.82, 2.24) is 14.5 Å². The average Bonchev–Trinajstić information content (AvgIpc) is 3.57. The van der Waals surface area contributed by atoms with Crippen molar-refractivity contribution in [1.29, 1.82) is 0 Å². The van der Waals surface area contributed by atoms with Crippen molar-refractivity contribution in [2.45, 2.75) is 6.42 Å². The molecular formula is C30H26N4O2. The van der Waals surface area contributed by atoms with Crippen LogP contribution in [0.1, 0.15) is 16.7 Å². The second-order valence-corrected chi connectivity index (χ2v) is 8.97. The van der Waals surface area contributed by atoms with E-state index in [9.17, 15) is 4.79 Å². The Bertz CT molecular complexity index is 1650. The number of aliphatic imine (C=N–C) groups is 1. The predicted molar refractivity (Wildman–Crippen MR) is 144 cm³/mol. The van der Waals surface area contributed by atoms with Gasteiger partial charge in [-0.2, -0.15) is 0 Å². The number of fused-ring (bicyclic) bond motifs is 2. The third-order valence-electron chi connectivity index (χ3n) is 6.79. The van der Waals surface area contributed by atoms with Gasteiger partial charge in [-0.25, -0.2) is 4.99 Å². The molecule has 6 heteroatoms. The summed E-state index contributed by atoms with van der Waals surface area (Å²) in [6, 6.07) is 24.1. The van der Waals surface area contributed by atoms with Gasteiger partial charge in [-0.15, -0.1) is 0 Å². The molecule has 0 saturated heterocycles. The first-order valence-corrected chi connectivity index (χ1v) is 12.0. The van der Waals surface area contributed by atoms with Gasteiger partial charge in [0.1, 0.15) is 17.3 Å². The molecule has 0 bridgehead atoms. The summed E-state index contributed by atoms with van der Waals surface area (Å²) in [7, 11) is 3.66. The van der Waals surface area contributed by atoms with Crippen molar-refractivity contribution in [3.63, 3.8) is 0 Å². The van der Waals surface area contributed by atoms with E-state index >= 15 is 0 Å². The van der Waals surface area contributed by atoms with Crippen LogP contribution in [0.5, 0.6) is 5.75 Å². The van der Waals surface area contributed by atoms with Gasteiger partial charge in [0, 0.05) is 58.9 Å². The number of para-hydroxylation sites is 2. The molecule has 1 N–H and O–H groups in total. The number of methoxy groups -OCH3 is 1. The molecule has 6 rings (SSSR count). The van der Waals surface area contributed by atoms with Crippen molar-refractivity contribution >= 4 is 39.6 Å². The first-order chi connectivity index (χ1) is 17.6. The number of carbonyl (C=O) groups is 1. The highest BCUT2D eigenvalue weighted by Gasteiger charge is 2.31. The van der Waals surface area contributed by atoms with Crippen molar-refractivity contribution in [3.8, 4) is 5.75 Å². The number of nitrogens with one attached hydrogen (secondary N) is 1. The first-order valence-electron chi connectivity index (χ1n) is 12.0. The summed E-state index contributed by atoms with van der Waals surface area (Å²) in [4.78, 5) is 23.7. The summed E-state index contributed by atoms with van der Waals surface area (Å²) in [5.41, 5.74) is 5.69. The zero-order valence-corrected chi connectivity index (χ0v) is 20.2. The topological polar surface area (TPSA) is 62.6 Å². The molecule has 0 atom stereocenters. The smallest absolute Gasteiger partial charge is 0.278 e. The van der Waals surface area contributed by atoms with Gasteiger partial charge in [0.2, 0.25) is 0 Å². The number of aromatic amines is 1. The van der Waals surface area contributed by atoms with Crippen LogP contribution in [-0.2, 0) is 18.3 Å². The number of hydrogen-bond acceptors (Lipinski definition) is 3. The number of H-pyrrole nitrogens is 1. The summed E-state index contributed by atoms with van der Waals surface area (Å²) < 4.78 is 7.40. The van der Waals surface area contributed by atoms with Crippen LogP contribution in [0, 0.1) is 0 Å². The molecule has 0 spiro atoms. The molecule has 3 aromatic carbocycles. The summed E-state index contributed by atoms with van der Waals surface area (Å²) in [6.07, 6.45) is 6.69. The van der Waals surface area contributed by atoms with Crippen molar-refractivity contribution in [2.24, 2.45) is 12.0 Å². The van der Waals surface area contributed by atoms with Crippen LogP contribution >= 0.6 is 0 Å². The molecule has 5 aromatic rings. The Labute approximate surface area is 209 Å². The van der Waals surface area contributed by atoms with Crippen LogP contribution in [0.3, 0.4) is 0 Å². The molecule has 178 valence electrons. The lowest BCUT2D eigenvalue weighted by molar-refractivity contribution is -0.122. The minimum atomic E-state index is -0.0893. The van der Waals surface area contributed by atoms with Crippen molar-refractivity contribution in [3.05, 3.63) is 108 Å². The van der Waals surface area contributed by atoms with E-state index in [0.717, 1.165) is 33.3 Å². The predicted octanol–water partition coefficient (Wildman–Crippen LogP) is 5.54. The van der Waals surface area contributed by atoms with Gasteiger partial charge in [0.25, 0.3) is 5.91 Å². The molecule has 1 aliphatic heterocycles. The van der Waals surface area contributed by atoms with E-state index in [1.165, 1.54) is 10.9 Å². The highest BCUT2D eigenvalue weighted by atomic mass is 16.5. The summed E-state index contributed by atoms with van der Waals surface area (Å²) in [5, 5.41) is 2.28. The van der Waals surface area contributed by atoms with Gasteiger partial charge < -0.3 is 14.3 Å². The van der Waals surface area contributed by atoms with E-state index in [1.54, 1.807) is 12.0 Å². The number of aryl methyl sites for hydroxylation is 1. The lowest BCUT2D eigenvalue weighted by atomic mass is 10.1. The standard InChI is InChI=1S/C30H26N4O2/c1-33-19-22(25-8-4-6-10-28(25)33)17-27-30(35)34(29(32-27)20-11-13-23(36-2)14-12-20)16-15-21-18-31-26-9-5-3-7-24(21)26/h3-14,17-19,31H,15-16H2,1-2H3. The Balaban J connectivity index is 1.38. The molecule has 1 amide bonds.